The molecule has 0 aromatic carbocycles. The molecule has 0 aliphatic rings. The van der Waals surface area contributed by atoms with E-state index in [0.29, 0.717) is 11.6 Å². The Balaban J connectivity index is 2.87. The predicted octanol–water partition coefficient (Wildman–Crippen LogP) is 2.55. The first-order chi connectivity index (χ1) is 9.47. The molecule has 0 aliphatic heterocycles. The minimum Gasteiger partial charge on any atom is -0.348 e. The molecule has 5 nitrogen and oxygen atoms in total. The zero-order chi connectivity index (χ0) is 15.1. The van der Waals surface area contributed by atoms with Crippen molar-refractivity contribution in [2.75, 3.05) is 18.5 Å². The number of amides is 1. The predicted molar refractivity (Wildman–Crippen MR) is 82.2 cm³/mol. The van der Waals surface area contributed by atoms with Gasteiger partial charge in [0.15, 0.2) is 0 Å². The van der Waals surface area contributed by atoms with Gasteiger partial charge in [0.25, 0.3) is 5.91 Å². The molecule has 20 heavy (non-hydrogen) atoms. The van der Waals surface area contributed by atoms with Gasteiger partial charge in [-0.25, -0.2) is 9.97 Å². The Morgan fingerprint density at radius 1 is 1.40 bits per heavy atom. The second kappa shape index (κ2) is 7.82. The van der Waals surface area contributed by atoms with Gasteiger partial charge in [-0.3, -0.25) is 4.79 Å². The van der Waals surface area contributed by atoms with Crippen LogP contribution >= 0.6 is 0 Å². The third-order valence-electron chi connectivity index (χ3n) is 3.25. The maximum Gasteiger partial charge on any atom is 0.270 e. The molecule has 0 saturated carbocycles. The lowest BCUT2D eigenvalue weighted by molar-refractivity contribution is 0.0934. The van der Waals surface area contributed by atoms with E-state index in [1.54, 1.807) is 6.07 Å². The fourth-order valence-corrected chi connectivity index (χ4v) is 1.73. The summed E-state index contributed by atoms with van der Waals surface area (Å²) in [6, 6.07) is 1.88. The molecule has 0 aliphatic carbocycles. The number of aromatic nitrogens is 2. The average molecular weight is 278 g/mol. The van der Waals surface area contributed by atoms with Gasteiger partial charge in [0, 0.05) is 25.3 Å². The summed E-state index contributed by atoms with van der Waals surface area (Å²) in [6.07, 6.45) is 3.11. The molecule has 0 bridgehead atoms. The van der Waals surface area contributed by atoms with E-state index in [1.807, 2.05) is 32.7 Å². The van der Waals surface area contributed by atoms with Crippen molar-refractivity contribution < 1.29 is 4.79 Å². The number of rotatable bonds is 7. The number of anilines is 1. The third-order valence-corrected chi connectivity index (χ3v) is 3.25. The molecule has 0 radical (unpaired) electrons. The second-order valence-electron chi connectivity index (χ2n) is 5.25. The van der Waals surface area contributed by atoms with Crippen LogP contribution in [-0.4, -0.2) is 35.5 Å². The van der Waals surface area contributed by atoms with E-state index in [1.165, 1.54) is 0 Å². The van der Waals surface area contributed by atoms with Crippen LogP contribution in [0.2, 0.25) is 0 Å². The monoisotopic (exact) mass is 278 g/mol. The zero-order valence-corrected chi connectivity index (χ0v) is 13.2. The summed E-state index contributed by atoms with van der Waals surface area (Å²) in [5, 5.41) is 2.93. The smallest absolute Gasteiger partial charge is 0.270 e. The van der Waals surface area contributed by atoms with Gasteiger partial charge < -0.3 is 10.2 Å². The Bertz CT molecular complexity index is 447. The molecule has 1 atom stereocenters. The first-order valence-corrected chi connectivity index (χ1v) is 7.35. The van der Waals surface area contributed by atoms with Crippen molar-refractivity contribution in [3.05, 3.63) is 17.5 Å². The number of carbonyl (C=O) groups excluding carboxylic acids is 1. The summed E-state index contributed by atoms with van der Waals surface area (Å²) in [4.78, 5) is 22.9. The third kappa shape index (κ3) is 4.79. The van der Waals surface area contributed by atoms with E-state index in [0.717, 1.165) is 31.5 Å². The van der Waals surface area contributed by atoms with Gasteiger partial charge in [0.2, 0.25) is 5.95 Å². The summed E-state index contributed by atoms with van der Waals surface area (Å²) in [5.74, 6) is 0.489. The zero-order valence-electron chi connectivity index (χ0n) is 13.2. The van der Waals surface area contributed by atoms with Gasteiger partial charge in [-0.1, -0.05) is 20.3 Å². The molecule has 5 heteroatoms. The fourth-order valence-electron chi connectivity index (χ4n) is 1.73. The summed E-state index contributed by atoms with van der Waals surface area (Å²) >= 11 is 0. The molecule has 1 unspecified atom stereocenters. The van der Waals surface area contributed by atoms with Crippen molar-refractivity contribution in [3.63, 3.8) is 0 Å². The van der Waals surface area contributed by atoms with Crippen LogP contribution in [0.3, 0.4) is 0 Å². The number of hydrogen-bond acceptors (Lipinski definition) is 4. The maximum absolute atomic E-state index is 12.1. The van der Waals surface area contributed by atoms with Crippen molar-refractivity contribution in [1.29, 1.82) is 0 Å². The summed E-state index contributed by atoms with van der Waals surface area (Å²) in [6.45, 7) is 8.96. The quantitative estimate of drug-likeness (QED) is 0.832. The number of hydrogen-bond donors (Lipinski definition) is 1. The van der Waals surface area contributed by atoms with E-state index in [2.05, 4.69) is 22.2 Å². The number of unbranched alkanes of at least 4 members (excludes halogenated alkanes) is 1. The van der Waals surface area contributed by atoms with Crippen LogP contribution in [0.4, 0.5) is 5.95 Å². The maximum atomic E-state index is 12.1. The van der Waals surface area contributed by atoms with Crippen LogP contribution in [0.25, 0.3) is 0 Å². The van der Waals surface area contributed by atoms with Crippen molar-refractivity contribution in [1.82, 2.24) is 15.3 Å². The molecule has 1 N–H and O–H groups in total. The molecular weight excluding hydrogens is 252 g/mol. The summed E-state index contributed by atoms with van der Waals surface area (Å²) < 4.78 is 0. The van der Waals surface area contributed by atoms with Crippen LogP contribution in [0, 0.1) is 6.92 Å². The highest BCUT2D eigenvalue weighted by Crippen LogP contribution is 2.10. The Labute approximate surface area is 121 Å². The van der Waals surface area contributed by atoms with Gasteiger partial charge in [-0.05, 0) is 32.8 Å². The lowest BCUT2D eigenvalue weighted by Crippen LogP contribution is -2.33. The van der Waals surface area contributed by atoms with Crippen molar-refractivity contribution in [2.45, 2.75) is 53.0 Å². The Kier molecular flexibility index (Phi) is 6.42. The molecule has 0 spiro atoms. The van der Waals surface area contributed by atoms with Crippen molar-refractivity contribution in [3.8, 4) is 0 Å². The van der Waals surface area contributed by atoms with Crippen molar-refractivity contribution >= 4 is 11.9 Å². The highest BCUT2D eigenvalue weighted by Gasteiger charge is 2.14. The van der Waals surface area contributed by atoms with Crippen LogP contribution < -0.4 is 10.2 Å². The molecule has 1 aromatic heterocycles. The number of nitrogens with one attached hydrogen (secondary N) is 1. The summed E-state index contributed by atoms with van der Waals surface area (Å²) in [7, 11) is 1.96. The van der Waals surface area contributed by atoms with Crippen LogP contribution in [0.1, 0.15) is 56.2 Å². The minimum atomic E-state index is -0.130. The molecule has 0 saturated heterocycles. The highest BCUT2D eigenvalue weighted by molar-refractivity contribution is 5.92. The number of aryl methyl sites for hydroxylation is 1. The van der Waals surface area contributed by atoms with Crippen LogP contribution in [0.5, 0.6) is 0 Å². The van der Waals surface area contributed by atoms with Gasteiger partial charge >= 0.3 is 0 Å². The molecule has 112 valence electrons. The van der Waals surface area contributed by atoms with Gasteiger partial charge in [-0.2, -0.15) is 0 Å². The Morgan fingerprint density at radius 3 is 2.70 bits per heavy atom. The van der Waals surface area contributed by atoms with Crippen LogP contribution in [-0.2, 0) is 0 Å². The molecule has 1 amide bonds. The van der Waals surface area contributed by atoms with E-state index < -0.39 is 0 Å². The van der Waals surface area contributed by atoms with E-state index in [-0.39, 0.29) is 11.9 Å². The molecule has 1 rings (SSSR count). The first kappa shape index (κ1) is 16.4. The van der Waals surface area contributed by atoms with Gasteiger partial charge in [0.1, 0.15) is 5.69 Å². The Hall–Kier alpha value is -1.65. The van der Waals surface area contributed by atoms with Crippen LogP contribution in [0.15, 0.2) is 6.07 Å². The fraction of sp³-hybridized carbons (Fsp3) is 0.667. The summed E-state index contributed by atoms with van der Waals surface area (Å²) in [5.41, 5.74) is 1.25. The van der Waals surface area contributed by atoms with E-state index >= 15 is 0 Å². The topological polar surface area (TPSA) is 58.1 Å². The van der Waals surface area contributed by atoms with E-state index in [4.69, 9.17) is 0 Å². The molecule has 0 fully saturated rings. The lowest BCUT2D eigenvalue weighted by atomic mass is 10.2. The normalized spacial score (nSPS) is 12.1. The first-order valence-electron chi connectivity index (χ1n) is 7.35. The SMILES string of the molecule is CCCCN(C)c1nc(C)cc(C(=O)NC(C)CC)n1. The number of carbonyl (C=O) groups is 1. The average Bonchev–Trinajstić information content (AvgIpc) is 2.43. The van der Waals surface area contributed by atoms with Gasteiger partial charge in [-0.15, -0.1) is 0 Å². The minimum absolute atomic E-state index is 0.130. The largest absolute Gasteiger partial charge is 0.348 e. The van der Waals surface area contributed by atoms with Crippen molar-refractivity contribution in [2.24, 2.45) is 0 Å². The Morgan fingerprint density at radius 2 is 2.10 bits per heavy atom. The molecule has 1 heterocycles. The molecule has 1 aromatic rings. The second-order valence-corrected chi connectivity index (χ2v) is 5.25. The standard InChI is InChI=1S/C15H26N4O/c1-6-8-9-19(5)15-17-12(4)10-13(18-15)14(20)16-11(3)7-2/h10-11H,6-9H2,1-5H3,(H,16,20). The lowest BCUT2D eigenvalue weighted by Gasteiger charge is -2.18. The highest BCUT2D eigenvalue weighted by atomic mass is 16.1. The molecular formula is C15H26N4O. The van der Waals surface area contributed by atoms with Gasteiger partial charge in [0.05, 0.1) is 0 Å². The number of nitrogens with zero attached hydrogens (tertiary/aromatic N) is 3. The van der Waals surface area contributed by atoms with E-state index in [9.17, 15) is 4.79 Å².